The molecule has 2 rings (SSSR count). The summed E-state index contributed by atoms with van der Waals surface area (Å²) in [5.74, 6) is -0.625. The third-order valence-corrected chi connectivity index (χ3v) is 4.44. The van der Waals surface area contributed by atoms with Gasteiger partial charge in [-0.3, -0.25) is 14.6 Å². The van der Waals surface area contributed by atoms with Crippen molar-refractivity contribution in [3.63, 3.8) is 0 Å². The topological polar surface area (TPSA) is 118 Å². The number of H-pyrrole nitrogens is 1. The molecule has 1 amide bonds. The number of anilines is 1. The summed E-state index contributed by atoms with van der Waals surface area (Å²) in [6.07, 6.45) is 1.26. The van der Waals surface area contributed by atoms with E-state index in [2.05, 4.69) is 14.9 Å². The molecule has 0 fully saturated rings. The molecule has 7 nitrogen and oxygen atoms in total. The zero-order valence-corrected chi connectivity index (χ0v) is 13.4. The summed E-state index contributed by atoms with van der Waals surface area (Å²) in [5, 5.41) is 6.55. The van der Waals surface area contributed by atoms with Gasteiger partial charge in [0.05, 0.1) is 11.9 Å². The summed E-state index contributed by atoms with van der Waals surface area (Å²) in [6, 6.07) is 5.99. The number of carbonyl (C=O) groups excluding carboxylic acids is 1. The van der Waals surface area contributed by atoms with Crippen molar-refractivity contribution in [1.29, 1.82) is 0 Å². The first-order valence-electron chi connectivity index (χ1n) is 6.58. The number of nitrogens with one attached hydrogen (secondary N) is 2. The van der Waals surface area contributed by atoms with Crippen molar-refractivity contribution in [3.05, 3.63) is 41.7 Å². The van der Waals surface area contributed by atoms with Crippen molar-refractivity contribution in [2.75, 3.05) is 4.72 Å². The summed E-state index contributed by atoms with van der Waals surface area (Å²) in [7, 11) is -3.82. The number of hydrogen-bond donors (Lipinski definition) is 3. The van der Waals surface area contributed by atoms with Gasteiger partial charge in [0.15, 0.2) is 0 Å². The maximum atomic E-state index is 12.5. The van der Waals surface area contributed by atoms with Crippen LogP contribution in [-0.4, -0.2) is 24.5 Å². The number of aromatic amines is 1. The van der Waals surface area contributed by atoms with Gasteiger partial charge in [0.2, 0.25) is 5.91 Å². The smallest absolute Gasteiger partial charge is 0.265 e. The average Bonchev–Trinajstić information content (AvgIpc) is 2.88. The van der Waals surface area contributed by atoms with Gasteiger partial charge in [-0.1, -0.05) is 26.8 Å². The molecular weight excluding hydrogens is 304 g/mol. The van der Waals surface area contributed by atoms with Crippen LogP contribution in [0.5, 0.6) is 0 Å². The average molecular weight is 322 g/mol. The number of hydrogen-bond acceptors (Lipinski definition) is 4. The van der Waals surface area contributed by atoms with Crippen LogP contribution >= 0.6 is 0 Å². The zero-order valence-electron chi connectivity index (χ0n) is 12.5. The van der Waals surface area contributed by atoms with Gasteiger partial charge in [-0.25, -0.2) is 8.42 Å². The number of aromatic nitrogens is 2. The molecule has 8 heteroatoms. The first-order valence-corrected chi connectivity index (χ1v) is 8.06. The molecular formula is C14H18N4O3S. The Morgan fingerprint density at radius 2 is 2.00 bits per heavy atom. The van der Waals surface area contributed by atoms with Gasteiger partial charge in [-0.2, -0.15) is 5.10 Å². The maximum absolute atomic E-state index is 12.5. The maximum Gasteiger partial charge on any atom is 0.265 e. The lowest BCUT2D eigenvalue weighted by Crippen LogP contribution is -2.20. The van der Waals surface area contributed by atoms with E-state index in [1.807, 2.05) is 20.8 Å². The van der Waals surface area contributed by atoms with Crippen LogP contribution in [0.25, 0.3) is 0 Å². The monoisotopic (exact) mass is 322 g/mol. The van der Waals surface area contributed by atoms with Crippen molar-refractivity contribution in [2.24, 2.45) is 5.73 Å². The van der Waals surface area contributed by atoms with Gasteiger partial charge >= 0.3 is 0 Å². The van der Waals surface area contributed by atoms with Crippen LogP contribution in [-0.2, 0) is 15.4 Å². The van der Waals surface area contributed by atoms with E-state index < -0.39 is 21.3 Å². The molecule has 0 atom stereocenters. The Hall–Kier alpha value is -2.35. The molecule has 0 aliphatic rings. The Labute approximate surface area is 129 Å². The third kappa shape index (κ3) is 3.28. The minimum absolute atomic E-state index is 0.0736. The van der Waals surface area contributed by atoms with E-state index in [0.29, 0.717) is 5.69 Å². The molecule has 118 valence electrons. The van der Waals surface area contributed by atoms with E-state index in [1.54, 1.807) is 12.1 Å². The Bertz CT molecular complexity index is 803. The van der Waals surface area contributed by atoms with Crippen molar-refractivity contribution in [1.82, 2.24) is 10.2 Å². The number of benzene rings is 1. The van der Waals surface area contributed by atoms with Crippen LogP contribution in [0.2, 0.25) is 0 Å². The number of primary amides is 1. The molecule has 0 bridgehead atoms. The number of nitrogens with two attached hydrogens (primary N) is 1. The minimum atomic E-state index is -3.82. The third-order valence-electron chi connectivity index (χ3n) is 3.04. The molecule has 0 aliphatic carbocycles. The molecule has 0 radical (unpaired) electrons. The fourth-order valence-corrected chi connectivity index (χ4v) is 3.32. The lowest BCUT2D eigenvalue weighted by atomic mass is 9.92. The standard InChI is InChI=1S/C14H18N4O3S/c1-14(2,3)12-11(8-16-17-12)22(20,21)18-10-6-4-5-9(7-10)13(15)19/h4-8,18H,1-3H3,(H2,15,19)(H,16,17). The highest BCUT2D eigenvalue weighted by molar-refractivity contribution is 7.92. The van der Waals surface area contributed by atoms with Crippen molar-refractivity contribution in [2.45, 2.75) is 31.1 Å². The first-order chi connectivity index (χ1) is 10.1. The zero-order chi connectivity index (χ0) is 16.5. The van der Waals surface area contributed by atoms with E-state index in [0.717, 1.165) is 0 Å². The van der Waals surface area contributed by atoms with Crippen LogP contribution in [0.15, 0.2) is 35.4 Å². The normalized spacial score (nSPS) is 12.1. The fraction of sp³-hybridized carbons (Fsp3) is 0.286. The Balaban J connectivity index is 2.39. The van der Waals surface area contributed by atoms with Crippen molar-refractivity contribution < 1.29 is 13.2 Å². The van der Waals surface area contributed by atoms with E-state index in [4.69, 9.17) is 5.73 Å². The number of amides is 1. The van der Waals surface area contributed by atoms with Crippen LogP contribution in [0.1, 0.15) is 36.8 Å². The molecule has 0 saturated carbocycles. The first kappa shape index (κ1) is 16.0. The predicted molar refractivity (Wildman–Crippen MR) is 83.1 cm³/mol. The van der Waals surface area contributed by atoms with Gasteiger partial charge < -0.3 is 5.73 Å². The van der Waals surface area contributed by atoms with Gasteiger partial charge in [-0.15, -0.1) is 0 Å². The summed E-state index contributed by atoms with van der Waals surface area (Å²) >= 11 is 0. The SMILES string of the molecule is CC(C)(C)c1[nH]ncc1S(=O)(=O)Nc1cccc(C(N)=O)c1. The van der Waals surface area contributed by atoms with Crippen molar-refractivity contribution >= 4 is 21.6 Å². The fourth-order valence-electron chi connectivity index (χ4n) is 1.96. The molecule has 0 saturated heterocycles. The molecule has 4 N–H and O–H groups in total. The molecule has 1 heterocycles. The highest BCUT2D eigenvalue weighted by Gasteiger charge is 2.28. The molecule has 22 heavy (non-hydrogen) atoms. The van der Waals surface area contributed by atoms with Gasteiger partial charge in [0, 0.05) is 16.7 Å². The second kappa shape index (κ2) is 5.45. The van der Waals surface area contributed by atoms with Gasteiger partial charge in [0.25, 0.3) is 10.0 Å². The Kier molecular flexibility index (Phi) is 3.97. The highest BCUT2D eigenvalue weighted by Crippen LogP contribution is 2.28. The number of carbonyl (C=O) groups is 1. The summed E-state index contributed by atoms with van der Waals surface area (Å²) < 4.78 is 27.5. The second-order valence-electron chi connectivity index (χ2n) is 5.91. The highest BCUT2D eigenvalue weighted by atomic mass is 32.2. The van der Waals surface area contributed by atoms with E-state index in [1.165, 1.54) is 18.3 Å². The molecule has 0 unspecified atom stereocenters. The molecule has 1 aromatic carbocycles. The number of rotatable bonds is 4. The number of sulfonamides is 1. The van der Waals surface area contributed by atoms with Crippen molar-refractivity contribution in [3.8, 4) is 0 Å². The lowest BCUT2D eigenvalue weighted by Gasteiger charge is -2.18. The van der Waals surface area contributed by atoms with Gasteiger partial charge in [-0.05, 0) is 18.2 Å². The minimum Gasteiger partial charge on any atom is -0.366 e. The van der Waals surface area contributed by atoms with E-state index in [-0.39, 0.29) is 16.1 Å². The Morgan fingerprint density at radius 1 is 1.32 bits per heavy atom. The van der Waals surface area contributed by atoms with Gasteiger partial charge in [0.1, 0.15) is 4.90 Å². The summed E-state index contributed by atoms with van der Waals surface area (Å²) in [5.41, 5.74) is 5.78. The summed E-state index contributed by atoms with van der Waals surface area (Å²) in [4.78, 5) is 11.2. The quantitative estimate of drug-likeness (QED) is 0.792. The number of nitrogens with zero attached hydrogens (tertiary/aromatic N) is 1. The Morgan fingerprint density at radius 3 is 2.59 bits per heavy atom. The largest absolute Gasteiger partial charge is 0.366 e. The van der Waals surface area contributed by atoms with Crippen LogP contribution in [0.3, 0.4) is 0 Å². The van der Waals surface area contributed by atoms with Crippen LogP contribution in [0.4, 0.5) is 5.69 Å². The molecule has 0 spiro atoms. The van der Waals surface area contributed by atoms with E-state index in [9.17, 15) is 13.2 Å². The van der Waals surface area contributed by atoms with Crippen LogP contribution in [0, 0.1) is 0 Å². The predicted octanol–water partition coefficient (Wildman–Crippen LogP) is 1.61. The lowest BCUT2D eigenvalue weighted by molar-refractivity contribution is 0.100. The molecule has 2 aromatic rings. The van der Waals surface area contributed by atoms with Crippen LogP contribution < -0.4 is 10.5 Å². The summed E-state index contributed by atoms with van der Waals surface area (Å²) in [6.45, 7) is 5.65. The second-order valence-corrected chi connectivity index (χ2v) is 7.56. The molecule has 1 aromatic heterocycles. The molecule has 0 aliphatic heterocycles. The van der Waals surface area contributed by atoms with E-state index >= 15 is 0 Å².